The minimum absolute atomic E-state index is 0.0266. The molecule has 3 heterocycles. The van der Waals surface area contributed by atoms with Crippen LogP contribution in [0.15, 0.2) is 18.5 Å². The normalized spacial score (nSPS) is 23.4. The zero-order valence-electron chi connectivity index (χ0n) is 14.5. The van der Waals surface area contributed by atoms with Crippen LogP contribution in [0.25, 0.3) is 0 Å². The molecule has 2 amide bonds. The van der Waals surface area contributed by atoms with E-state index in [-0.39, 0.29) is 30.4 Å². The van der Waals surface area contributed by atoms with Gasteiger partial charge in [-0.15, -0.1) is 0 Å². The second-order valence-corrected chi connectivity index (χ2v) is 6.88. The molecule has 0 bridgehead atoms. The molecular formula is C17H27N5O3. The van der Waals surface area contributed by atoms with Gasteiger partial charge in [0.15, 0.2) is 0 Å². The molecule has 0 aliphatic carbocycles. The van der Waals surface area contributed by atoms with Crippen LogP contribution >= 0.6 is 0 Å². The van der Waals surface area contributed by atoms with Crippen molar-refractivity contribution >= 4 is 11.8 Å². The number of rotatable bonds is 5. The Bertz CT molecular complexity index is 569. The number of nitrogens with zero attached hydrogens (tertiary/aromatic N) is 4. The van der Waals surface area contributed by atoms with Gasteiger partial charge in [0.25, 0.3) is 0 Å². The van der Waals surface area contributed by atoms with Gasteiger partial charge in [0.05, 0.1) is 19.2 Å². The summed E-state index contributed by atoms with van der Waals surface area (Å²) in [6.07, 6.45) is 6.07. The summed E-state index contributed by atoms with van der Waals surface area (Å²) in [5.74, 6) is -0.0572. The molecule has 0 spiro atoms. The molecule has 2 aliphatic heterocycles. The van der Waals surface area contributed by atoms with Crippen LogP contribution in [-0.2, 0) is 20.9 Å². The largest absolute Gasteiger partial charge is 0.374 e. The molecule has 2 saturated heterocycles. The summed E-state index contributed by atoms with van der Waals surface area (Å²) in [5, 5.41) is 4.22. The van der Waals surface area contributed by atoms with Gasteiger partial charge < -0.3 is 15.4 Å². The standard InChI is InChI=1S/C17H27N5O3/c18-16(23)13-20-8-3-14(4-9-20)17(24)21-6-2-10-25-15(11-21)12-22-7-1-5-19-22/h1,5,7,14-15H,2-4,6,8-13H2,(H2,18,23)/t15-/m1/s1. The van der Waals surface area contributed by atoms with Crippen molar-refractivity contribution in [3.05, 3.63) is 18.5 Å². The van der Waals surface area contributed by atoms with Crippen LogP contribution < -0.4 is 5.73 Å². The van der Waals surface area contributed by atoms with E-state index in [0.29, 0.717) is 19.7 Å². The minimum Gasteiger partial charge on any atom is -0.374 e. The number of piperidine rings is 1. The van der Waals surface area contributed by atoms with Gasteiger partial charge in [0.2, 0.25) is 11.8 Å². The molecule has 1 aromatic rings. The second kappa shape index (κ2) is 8.44. The Balaban J connectivity index is 1.53. The number of carbonyl (C=O) groups excluding carboxylic acids is 2. The van der Waals surface area contributed by atoms with Crippen molar-refractivity contribution in [2.45, 2.75) is 31.9 Å². The van der Waals surface area contributed by atoms with Crippen molar-refractivity contribution in [3.63, 3.8) is 0 Å². The molecule has 8 heteroatoms. The van der Waals surface area contributed by atoms with Crippen LogP contribution in [0.3, 0.4) is 0 Å². The molecular weight excluding hydrogens is 322 g/mol. The molecule has 0 aromatic carbocycles. The van der Waals surface area contributed by atoms with Gasteiger partial charge in [-0.1, -0.05) is 0 Å². The zero-order valence-corrected chi connectivity index (χ0v) is 14.5. The summed E-state index contributed by atoms with van der Waals surface area (Å²) in [7, 11) is 0. The molecule has 1 aromatic heterocycles. The Labute approximate surface area is 147 Å². The molecule has 1 atom stereocenters. The topological polar surface area (TPSA) is 93.7 Å². The van der Waals surface area contributed by atoms with E-state index in [1.807, 2.05) is 26.7 Å². The number of amides is 2. The molecule has 2 fully saturated rings. The predicted octanol–water partition coefficient (Wildman–Crippen LogP) is -0.302. The smallest absolute Gasteiger partial charge is 0.231 e. The fraction of sp³-hybridized carbons (Fsp3) is 0.706. The molecule has 0 radical (unpaired) electrons. The van der Waals surface area contributed by atoms with E-state index in [0.717, 1.165) is 38.9 Å². The summed E-state index contributed by atoms with van der Waals surface area (Å²) in [5.41, 5.74) is 5.25. The quantitative estimate of drug-likeness (QED) is 0.788. The average Bonchev–Trinajstić information content (AvgIpc) is 2.98. The maximum Gasteiger partial charge on any atom is 0.231 e. The Morgan fingerprint density at radius 3 is 2.72 bits per heavy atom. The maximum absolute atomic E-state index is 12.9. The number of aromatic nitrogens is 2. The van der Waals surface area contributed by atoms with Crippen LogP contribution in [-0.4, -0.2) is 76.8 Å². The fourth-order valence-corrected chi connectivity index (χ4v) is 3.64. The molecule has 2 N–H and O–H groups in total. The lowest BCUT2D eigenvalue weighted by molar-refractivity contribution is -0.138. The van der Waals surface area contributed by atoms with Gasteiger partial charge >= 0.3 is 0 Å². The predicted molar refractivity (Wildman–Crippen MR) is 91.5 cm³/mol. The highest BCUT2D eigenvalue weighted by Crippen LogP contribution is 2.21. The fourth-order valence-electron chi connectivity index (χ4n) is 3.64. The van der Waals surface area contributed by atoms with Crippen molar-refractivity contribution in [2.24, 2.45) is 11.7 Å². The van der Waals surface area contributed by atoms with Crippen LogP contribution in [0.5, 0.6) is 0 Å². The lowest BCUT2D eigenvalue weighted by atomic mass is 9.95. The van der Waals surface area contributed by atoms with Gasteiger partial charge in [-0.2, -0.15) is 5.10 Å². The number of likely N-dealkylation sites (tertiary alicyclic amines) is 1. The monoisotopic (exact) mass is 349 g/mol. The molecule has 0 saturated carbocycles. The van der Waals surface area contributed by atoms with E-state index < -0.39 is 0 Å². The summed E-state index contributed by atoms with van der Waals surface area (Å²) < 4.78 is 7.74. The van der Waals surface area contributed by atoms with Crippen molar-refractivity contribution in [1.82, 2.24) is 19.6 Å². The number of carbonyl (C=O) groups is 2. The lowest BCUT2D eigenvalue weighted by Crippen LogP contribution is -2.46. The molecule has 0 unspecified atom stereocenters. The van der Waals surface area contributed by atoms with Crippen LogP contribution in [0.4, 0.5) is 0 Å². The summed E-state index contributed by atoms with van der Waals surface area (Å²) in [6.45, 7) is 4.47. The number of ether oxygens (including phenoxy) is 1. The van der Waals surface area contributed by atoms with E-state index in [1.165, 1.54) is 0 Å². The number of nitrogens with two attached hydrogens (primary N) is 1. The lowest BCUT2D eigenvalue weighted by Gasteiger charge is -2.34. The SMILES string of the molecule is NC(=O)CN1CCC(C(=O)N2CCCO[C@@H](Cn3cccn3)C2)CC1. The third-order valence-corrected chi connectivity index (χ3v) is 4.93. The van der Waals surface area contributed by atoms with E-state index in [1.54, 1.807) is 6.20 Å². The van der Waals surface area contributed by atoms with Gasteiger partial charge in [0.1, 0.15) is 0 Å². The summed E-state index contributed by atoms with van der Waals surface area (Å²) in [6, 6.07) is 1.89. The average molecular weight is 349 g/mol. The first-order valence-electron chi connectivity index (χ1n) is 9.00. The third-order valence-electron chi connectivity index (χ3n) is 4.93. The van der Waals surface area contributed by atoms with Gasteiger partial charge in [-0.05, 0) is 38.4 Å². The van der Waals surface area contributed by atoms with Crippen molar-refractivity contribution in [3.8, 4) is 0 Å². The highest BCUT2D eigenvalue weighted by atomic mass is 16.5. The first-order chi connectivity index (χ1) is 12.1. The van der Waals surface area contributed by atoms with Crippen molar-refractivity contribution < 1.29 is 14.3 Å². The number of hydrogen-bond acceptors (Lipinski definition) is 5. The third kappa shape index (κ3) is 5.02. The van der Waals surface area contributed by atoms with Crippen LogP contribution in [0, 0.1) is 5.92 Å². The van der Waals surface area contributed by atoms with Gasteiger partial charge in [0, 0.05) is 38.0 Å². The van der Waals surface area contributed by atoms with E-state index in [9.17, 15) is 9.59 Å². The van der Waals surface area contributed by atoms with Crippen LogP contribution in [0.2, 0.25) is 0 Å². The Morgan fingerprint density at radius 2 is 2.04 bits per heavy atom. The Kier molecular flexibility index (Phi) is 6.04. The highest BCUT2D eigenvalue weighted by Gasteiger charge is 2.31. The molecule has 3 rings (SSSR count). The van der Waals surface area contributed by atoms with E-state index >= 15 is 0 Å². The number of hydrogen-bond donors (Lipinski definition) is 1. The van der Waals surface area contributed by atoms with Crippen LogP contribution in [0.1, 0.15) is 19.3 Å². The Morgan fingerprint density at radius 1 is 1.24 bits per heavy atom. The molecule has 2 aliphatic rings. The zero-order chi connectivity index (χ0) is 17.6. The first kappa shape index (κ1) is 17.9. The minimum atomic E-state index is -0.309. The molecule has 8 nitrogen and oxygen atoms in total. The van der Waals surface area contributed by atoms with E-state index in [4.69, 9.17) is 10.5 Å². The van der Waals surface area contributed by atoms with Crippen molar-refractivity contribution in [1.29, 1.82) is 0 Å². The van der Waals surface area contributed by atoms with Gasteiger partial charge in [-0.3, -0.25) is 19.2 Å². The summed E-state index contributed by atoms with van der Waals surface area (Å²) in [4.78, 5) is 27.9. The first-order valence-corrected chi connectivity index (χ1v) is 9.00. The number of primary amides is 1. The van der Waals surface area contributed by atoms with Crippen molar-refractivity contribution in [2.75, 3.05) is 39.3 Å². The Hall–Kier alpha value is -1.93. The van der Waals surface area contributed by atoms with Gasteiger partial charge in [-0.25, -0.2) is 0 Å². The highest BCUT2D eigenvalue weighted by molar-refractivity contribution is 5.79. The second-order valence-electron chi connectivity index (χ2n) is 6.88. The van der Waals surface area contributed by atoms with E-state index in [2.05, 4.69) is 5.10 Å². The summed E-state index contributed by atoms with van der Waals surface area (Å²) >= 11 is 0. The maximum atomic E-state index is 12.9. The molecule has 25 heavy (non-hydrogen) atoms. The molecule has 138 valence electrons.